The number of anilines is 1. The van der Waals surface area contributed by atoms with Crippen LogP contribution in [0.2, 0.25) is 0 Å². The van der Waals surface area contributed by atoms with Crippen LogP contribution in [0.25, 0.3) is 0 Å². The molecule has 0 aliphatic rings. The maximum absolute atomic E-state index is 12.8. The highest BCUT2D eigenvalue weighted by molar-refractivity contribution is 6.09. The molecule has 24 heavy (non-hydrogen) atoms. The summed E-state index contributed by atoms with van der Waals surface area (Å²) in [6.45, 7) is 0. The molecule has 2 rings (SSSR count). The van der Waals surface area contributed by atoms with Crippen molar-refractivity contribution < 1.29 is 32.6 Å². The highest BCUT2D eigenvalue weighted by Crippen LogP contribution is 2.32. The summed E-state index contributed by atoms with van der Waals surface area (Å²) in [4.78, 5) is 23.3. The number of ether oxygens (including phenoxy) is 1. The van der Waals surface area contributed by atoms with Gasteiger partial charge in [-0.25, -0.2) is 0 Å². The summed E-state index contributed by atoms with van der Waals surface area (Å²) in [5.74, 6) is -2.33. The summed E-state index contributed by atoms with van der Waals surface area (Å²) in [6.07, 6.45) is -4.69. The van der Waals surface area contributed by atoms with Crippen LogP contribution in [0, 0.1) is 0 Å². The Labute approximate surface area is 134 Å². The summed E-state index contributed by atoms with van der Waals surface area (Å²) < 4.78 is 43.3. The fourth-order valence-electron chi connectivity index (χ4n) is 2.02. The number of carboxylic acid groups (broad SMARTS) is 1. The highest BCUT2D eigenvalue weighted by Gasteiger charge is 2.31. The van der Waals surface area contributed by atoms with Gasteiger partial charge in [0, 0.05) is 5.56 Å². The van der Waals surface area contributed by atoms with E-state index in [1.807, 2.05) is 0 Å². The lowest BCUT2D eigenvalue weighted by Gasteiger charge is -2.16. The number of halogens is 3. The van der Waals surface area contributed by atoms with E-state index in [4.69, 9.17) is 4.74 Å². The molecule has 0 saturated carbocycles. The Balaban J connectivity index is 2.43. The fraction of sp³-hybridized carbons (Fsp3) is 0.125. The van der Waals surface area contributed by atoms with Gasteiger partial charge < -0.3 is 20.0 Å². The number of hydrogen-bond donors (Lipinski definition) is 1. The zero-order chi connectivity index (χ0) is 17.9. The molecule has 1 N–H and O–H groups in total. The number of benzene rings is 2. The molecule has 0 atom stereocenters. The summed E-state index contributed by atoms with van der Waals surface area (Å²) in [5.41, 5.74) is -2.13. The average Bonchev–Trinajstić information content (AvgIpc) is 2.53. The van der Waals surface area contributed by atoms with Gasteiger partial charge in [-0.3, -0.25) is 4.79 Å². The van der Waals surface area contributed by atoms with Crippen LogP contribution < -0.4 is 15.2 Å². The van der Waals surface area contributed by atoms with Gasteiger partial charge in [0.25, 0.3) is 5.91 Å². The topological polar surface area (TPSA) is 78.5 Å². The van der Waals surface area contributed by atoms with Crippen molar-refractivity contribution in [2.24, 2.45) is 0 Å². The van der Waals surface area contributed by atoms with E-state index in [9.17, 15) is 27.9 Å². The summed E-state index contributed by atoms with van der Waals surface area (Å²) in [6, 6.07) is 7.88. The van der Waals surface area contributed by atoms with Crippen molar-refractivity contribution in [2.45, 2.75) is 6.18 Å². The highest BCUT2D eigenvalue weighted by atomic mass is 19.4. The van der Waals surface area contributed by atoms with Crippen molar-refractivity contribution >= 4 is 17.6 Å². The Bertz CT molecular complexity index is 787. The zero-order valence-corrected chi connectivity index (χ0v) is 12.3. The number of rotatable bonds is 4. The number of para-hydroxylation sites is 1. The number of carbonyl (C=O) groups is 2. The van der Waals surface area contributed by atoms with E-state index >= 15 is 0 Å². The summed E-state index contributed by atoms with van der Waals surface area (Å²) in [5, 5.41) is 13.2. The molecule has 126 valence electrons. The Morgan fingerprint density at radius 3 is 2.33 bits per heavy atom. The number of carboxylic acids is 1. The molecule has 1 amide bonds. The Hall–Kier alpha value is -3.03. The van der Waals surface area contributed by atoms with Crippen molar-refractivity contribution in [2.75, 3.05) is 12.4 Å². The van der Waals surface area contributed by atoms with Crippen LogP contribution in [0.15, 0.2) is 42.5 Å². The second kappa shape index (κ2) is 6.61. The van der Waals surface area contributed by atoms with E-state index in [1.54, 1.807) is 6.07 Å². The minimum absolute atomic E-state index is 0.0432. The van der Waals surface area contributed by atoms with Gasteiger partial charge in [0.2, 0.25) is 0 Å². The molecule has 5 nitrogen and oxygen atoms in total. The van der Waals surface area contributed by atoms with Gasteiger partial charge in [0.1, 0.15) is 5.75 Å². The minimum Gasteiger partial charge on any atom is -0.545 e. The normalized spacial score (nSPS) is 11.0. The van der Waals surface area contributed by atoms with Crippen molar-refractivity contribution in [3.05, 3.63) is 59.2 Å². The van der Waals surface area contributed by atoms with E-state index in [0.29, 0.717) is 12.1 Å². The van der Waals surface area contributed by atoms with Crippen LogP contribution in [0.3, 0.4) is 0 Å². The van der Waals surface area contributed by atoms with Gasteiger partial charge in [-0.1, -0.05) is 18.2 Å². The molecule has 0 bridgehead atoms. The van der Waals surface area contributed by atoms with Crippen molar-refractivity contribution in [3.63, 3.8) is 0 Å². The van der Waals surface area contributed by atoms with Crippen LogP contribution in [-0.4, -0.2) is 19.0 Å². The molecule has 0 unspecified atom stereocenters. The molecule has 0 saturated heterocycles. The van der Waals surface area contributed by atoms with Gasteiger partial charge in [-0.2, -0.15) is 13.2 Å². The fourth-order valence-corrected chi connectivity index (χ4v) is 2.02. The lowest BCUT2D eigenvalue weighted by molar-refractivity contribution is -0.254. The number of nitrogens with one attached hydrogen (secondary N) is 1. The van der Waals surface area contributed by atoms with E-state index in [-0.39, 0.29) is 11.3 Å². The molecule has 0 fully saturated rings. The molecule has 0 aliphatic carbocycles. The van der Waals surface area contributed by atoms with E-state index in [0.717, 1.165) is 6.07 Å². The molecule has 0 aliphatic heterocycles. The standard InChI is InChI=1S/C16H12F3NO4/c1-24-13-5-3-2-4-11(13)14(21)20-12-8-9(16(17,18)19)6-7-10(12)15(22)23/h2-8H,1H3,(H,20,21)(H,22,23)/p-1. The molecule has 0 heterocycles. The molecule has 0 aromatic heterocycles. The van der Waals surface area contributed by atoms with Gasteiger partial charge in [-0.15, -0.1) is 0 Å². The lowest BCUT2D eigenvalue weighted by atomic mass is 10.1. The monoisotopic (exact) mass is 338 g/mol. The second-order valence-electron chi connectivity index (χ2n) is 4.70. The quantitative estimate of drug-likeness (QED) is 0.928. The third kappa shape index (κ3) is 3.65. The Morgan fingerprint density at radius 1 is 1.08 bits per heavy atom. The van der Waals surface area contributed by atoms with Crippen molar-refractivity contribution in [1.29, 1.82) is 0 Å². The van der Waals surface area contributed by atoms with Crippen LogP contribution in [0.1, 0.15) is 26.3 Å². The third-order valence-corrected chi connectivity index (χ3v) is 3.17. The Kier molecular flexibility index (Phi) is 4.77. The predicted octanol–water partition coefficient (Wildman–Crippen LogP) is 2.33. The first-order valence-corrected chi connectivity index (χ1v) is 6.61. The van der Waals surface area contributed by atoms with Gasteiger partial charge >= 0.3 is 6.18 Å². The van der Waals surface area contributed by atoms with Crippen LogP contribution in [0.5, 0.6) is 5.75 Å². The van der Waals surface area contributed by atoms with Gasteiger partial charge in [-0.05, 0) is 24.3 Å². The number of aromatic carboxylic acids is 1. The number of hydrogen-bond acceptors (Lipinski definition) is 4. The molecule has 8 heteroatoms. The van der Waals surface area contributed by atoms with Gasteiger partial charge in [0.15, 0.2) is 0 Å². The van der Waals surface area contributed by atoms with E-state index in [2.05, 4.69) is 5.32 Å². The molecular formula is C16H11F3NO4-. The van der Waals surface area contributed by atoms with E-state index < -0.39 is 34.9 Å². The smallest absolute Gasteiger partial charge is 0.416 e. The summed E-state index contributed by atoms with van der Waals surface area (Å²) >= 11 is 0. The SMILES string of the molecule is COc1ccccc1C(=O)Nc1cc(C(F)(F)F)ccc1C(=O)[O-]. The third-order valence-electron chi connectivity index (χ3n) is 3.17. The first-order chi connectivity index (χ1) is 11.2. The molecule has 2 aromatic rings. The summed E-state index contributed by atoms with van der Waals surface area (Å²) in [7, 11) is 1.32. The number of methoxy groups -OCH3 is 1. The molecule has 0 spiro atoms. The van der Waals surface area contributed by atoms with Gasteiger partial charge in [0.05, 0.1) is 29.9 Å². The first kappa shape index (κ1) is 17.3. The van der Waals surface area contributed by atoms with Crippen molar-refractivity contribution in [1.82, 2.24) is 0 Å². The number of amides is 1. The Morgan fingerprint density at radius 2 is 1.75 bits per heavy atom. The maximum atomic E-state index is 12.8. The van der Waals surface area contributed by atoms with Crippen LogP contribution >= 0.6 is 0 Å². The molecular weight excluding hydrogens is 327 g/mol. The minimum atomic E-state index is -4.69. The zero-order valence-electron chi connectivity index (χ0n) is 12.3. The van der Waals surface area contributed by atoms with Crippen LogP contribution in [0.4, 0.5) is 18.9 Å². The van der Waals surface area contributed by atoms with Crippen molar-refractivity contribution in [3.8, 4) is 5.75 Å². The number of alkyl halides is 3. The number of carbonyl (C=O) groups excluding carboxylic acids is 2. The van der Waals surface area contributed by atoms with Crippen LogP contribution in [-0.2, 0) is 6.18 Å². The average molecular weight is 338 g/mol. The molecule has 0 radical (unpaired) electrons. The largest absolute Gasteiger partial charge is 0.545 e. The lowest BCUT2D eigenvalue weighted by Crippen LogP contribution is -2.25. The maximum Gasteiger partial charge on any atom is 0.416 e. The predicted molar refractivity (Wildman–Crippen MR) is 76.7 cm³/mol. The first-order valence-electron chi connectivity index (χ1n) is 6.61. The molecule has 2 aromatic carbocycles. The second-order valence-corrected chi connectivity index (χ2v) is 4.70. The van der Waals surface area contributed by atoms with E-state index in [1.165, 1.54) is 25.3 Å².